The smallest absolute Gasteiger partial charge is 0.268 e. The third-order valence-electron chi connectivity index (χ3n) is 14.0. The number of nitrogens with one attached hydrogen (secondary N) is 1. The van der Waals surface area contributed by atoms with Crippen LogP contribution in [0, 0.1) is 0 Å². The Balaban J connectivity index is 4.01. The van der Waals surface area contributed by atoms with Crippen molar-refractivity contribution in [3.8, 4) is 0 Å². The van der Waals surface area contributed by atoms with Crippen LogP contribution >= 0.6 is 7.82 Å². The van der Waals surface area contributed by atoms with Gasteiger partial charge < -0.3 is 34.0 Å². The van der Waals surface area contributed by atoms with E-state index in [0.717, 1.165) is 51.4 Å². The summed E-state index contributed by atoms with van der Waals surface area (Å²) in [5.41, 5.74) is 0. The van der Waals surface area contributed by atoms with E-state index in [1.807, 2.05) is 21.1 Å². The lowest BCUT2D eigenvalue weighted by Crippen LogP contribution is -2.51. The van der Waals surface area contributed by atoms with Crippen molar-refractivity contribution in [2.24, 2.45) is 0 Å². The van der Waals surface area contributed by atoms with Gasteiger partial charge in [0.05, 0.1) is 39.9 Å². The number of phosphoric ester groups is 1. The molecule has 0 saturated heterocycles. The van der Waals surface area contributed by atoms with Gasteiger partial charge in [0.15, 0.2) is 0 Å². The Morgan fingerprint density at radius 3 is 1.23 bits per heavy atom. The topological polar surface area (TPSA) is 128 Å². The molecule has 0 aromatic rings. The van der Waals surface area contributed by atoms with Crippen molar-refractivity contribution in [1.82, 2.24) is 5.32 Å². The van der Waals surface area contributed by atoms with E-state index < -0.39 is 32.7 Å². The quantitative estimate of drug-likeness (QED) is 0.0240. The van der Waals surface area contributed by atoms with Gasteiger partial charge in [0.1, 0.15) is 19.3 Å². The van der Waals surface area contributed by atoms with Gasteiger partial charge in [-0.15, -0.1) is 0 Å². The first-order chi connectivity index (χ1) is 34.4. The molecule has 0 aromatic carbocycles. The highest BCUT2D eigenvalue weighted by Gasteiger charge is 2.29. The predicted octanol–water partition coefficient (Wildman–Crippen LogP) is 16.9. The zero-order valence-corrected chi connectivity index (χ0v) is 48.4. The zero-order valence-electron chi connectivity index (χ0n) is 47.6. The predicted molar refractivity (Wildman–Crippen MR) is 304 cm³/mol. The molecule has 0 saturated carbocycles. The first kappa shape index (κ1) is 69.7. The van der Waals surface area contributed by atoms with Crippen LogP contribution in [-0.2, 0) is 18.4 Å². The summed E-state index contributed by atoms with van der Waals surface area (Å²) in [6.07, 6.45) is 63.7. The SMILES string of the molecule is CCCCCCC/C=C\C/C=C\C/C=C\CCCCCCCCCCCCCCCCCCCCCCC(=O)NC(COP(=O)([O-])OCC[N+](C)(C)C)C(O)C(O)CCCCCCCCCCCCCC. The van der Waals surface area contributed by atoms with Gasteiger partial charge in [-0.1, -0.05) is 269 Å². The minimum Gasteiger partial charge on any atom is -0.756 e. The fourth-order valence-corrected chi connectivity index (χ4v) is 9.87. The van der Waals surface area contributed by atoms with E-state index in [1.165, 1.54) is 212 Å². The van der Waals surface area contributed by atoms with Gasteiger partial charge in [0.25, 0.3) is 7.82 Å². The summed E-state index contributed by atoms with van der Waals surface area (Å²) < 4.78 is 23.3. The third kappa shape index (κ3) is 53.3. The molecule has 0 bridgehead atoms. The van der Waals surface area contributed by atoms with Crippen molar-refractivity contribution in [3.05, 3.63) is 36.5 Å². The normalized spacial score (nSPS) is 14.5. The maximum atomic E-state index is 13.0. The summed E-state index contributed by atoms with van der Waals surface area (Å²) in [6.45, 7) is 4.45. The maximum absolute atomic E-state index is 13.0. The number of quaternary nitrogens is 1. The molecule has 0 fully saturated rings. The Bertz CT molecular complexity index is 1270. The molecule has 4 atom stereocenters. The molecule has 0 aliphatic carbocycles. The van der Waals surface area contributed by atoms with Crippen molar-refractivity contribution >= 4 is 13.7 Å². The number of rotatable bonds is 56. The average molecular weight is 1020 g/mol. The van der Waals surface area contributed by atoms with E-state index >= 15 is 0 Å². The van der Waals surface area contributed by atoms with Gasteiger partial charge in [-0.25, -0.2) is 0 Å². The number of aliphatic hydroxyl groups is 2. The van der Waals surface area contributed by atoms with Crippen LogP contribution in [0.3, 0.4) is 0 Å². The maximum Gasteiger partial charge on any atom is 0.268 e. The van der Waals surface area contributed by atoms with Crippen molar-refractivity contribution in [1.29, 1.82) is 0 Å². The van der Waals surface area contributed by atoms with Crippen molar-refractivity contribution in [2.45, 2.75) is 308 Å². The highest BCUT2D eigenvalue weighted by atomic mass is 31.2. The minimum absolute atomic E-state index is 0.0391. The molecule has 4 unspecified atom stereocenters. The fraction of sp³-hybridized carbons (Fsp3) is 0.885. The molecule has 0 radical (unpaired) electrons. The highest BCUT2D eigenvalue weighted by Crippen LogP contribution is 2.38. The monoisotopic (exact) mass is 1020 g/mol. The van der Waals surface area contributed by atoms with E-state index in [-0.39, 0.29) is 18.9 Å². The number of phosphoric acid groups is 1. The van der Waals surface area contributed by atoms with Gasteiger partial charge in [-0.2, -0.15) is 0 Å². The molecule has 3 N–H and O–H groups in total. The van der Waals surface area contributed by atoms with Gasteiger partial charge in [0, 0.05) is 6.42 Å². The number of hydrogen-bond acceptors (Lipinski definition) is 7. The number of aliphatic hydroxyl groups excluding tert-OH is 2. The number of amides is 1. The van der Waals surface area contributed by atoms with Crippen LogP contribution < -0.4 is 10.2 Å². The van der Waals surface area contributed by atoms with Crippen LogP contribution in [0.4, 0.5) is 0 Å². The third-order valence-corrected chi connectivity index (χ3v) is 14.9. The van der Waals surface area contributed by atoms with E-state index in [9.17, 15) is 24.5 Å². The van der Waals surface area contributed by atoms with Crippen LogP contribution in [-0.4, -0.2) is 79.8 Å². The molecule has 420 valence electrons. The summed E-state index contributed by atoms with van der Waals surface area (Å²) >= 11 is 0. The number of carbonyl (C=O) groups excluding carboxylic acids is 1. The van der Waals surface area contributed by atoms with Crippen LogP contribution in [0.25, 0.3) is 0 Å². The Morgan fingerprint density at radius 2 is 0.845 bits per heavy atom. The number of allylic oxidation sites excluding steroid dienone is 6. The zero-order chi connectivity index (χ0) is 52.2. The molecule has 0 aromatic heterocycles. The second-order valence-electron chi connectivity index (χ2n) is 22.2. The summed E-state index contributed by atoms with van der Waals surface area (Å²) in [6, 6.07) is -1.07. The number of carbonyl (C=O) groups is 1. The lowest BCUT2D eigenvalue weighted by Gasteiger charge is -2.31. The molecule has 0 heterocycles. The standard InChI is InChI=1S/C61H119N2O7P/c1-6-8-10-12-14-16-18-20-21-22-23-24-25-26-27-28-29-30-31-32-33-34-35-36-37-38-39-40-41-42-44-46-48-50-52-54-60(65)62-58(57-70-71(67,68)69-56-55-63(3,4)5)61(66)59(64)53-51-49-47-45-43-19-17-15-13-11-9-7-2/h18,20,22-23,25-26,58-59,61,64,66H,6-17,19,21,24,27-57H2,1-5H3,(H-,62,65,67,68)/b20-18-,23-22-,26-25-. The van der Waals surface area contributed by atoms with E-state index in [0.29, 0.717) is 17.4 Å². The molecular weight excluding hydrogens is 904 g/mol. The molecule has 9 nitrogen and oxygen atoms in total. The summed E-state index contributed by atoms with van der Waals surface area (Å²) in [5.74, 6) is -0.274. The molecule has 71 heavy (non-hydrogen) atoms. The molecule has 0 rings (SSSR count). The fourth-order valence-electron chi connectivity index (χ4n) is 9.15. The van der Waals surface area contributed by atoms with Crippen molar-refractivity contribution in [3.63, 3.8) is 0 Å². The summed E-state index contributed by atoms with van der Waals surface area (Å²) in [7, 11) is 1.13. The summed E-state index contributed by atoms with van der Waals surface area (Å²) in [4.78, 5) is 25.5. The number of unbranched alkanes of at least 4 members (excludes halogenated alkanes) is 36. The first-order valence-corrected chi connectivity index (χ1v) is 31.9. The van der Waals surface area contributed by atoms with E-state index in [2.05, 4.69) is 55.6 Å². The van der Waals surface area contributed by atoms with Crippen LogP contribution in [0.2, 0.25) is 0 Å². The number of nitrogens with zero attached hydrogens (tertiary/aromatic N) is 1. The summed E-state index contributed by atoms with van der Waals surface area (Å²) in [5, 5.41) is 24.8. The van der Waals surface area contributed by atoms with Crippen molar-refractivity contribution < 1.29 is 38.0 Å². The van der Waals surface area contributed by atoms with Gasteiger partial charge in [0.2, 0.25) is 5.91 Å². The van der Waals surface area contributed by atoms with Gasteiger partial charge in [-0.05, 0) is 51.4 Å². The van der Waals surface area contributed by atoms with Crippen LogP contribution in [0.1, 0.15) is 290 Å². The Morgan fingerprint density at radius 1 is 0.507 bits per heavy atom. The van der Waals surface area contributed by atoms with Gasteiger partial charge in [-0.3, -0.25) is 9.36 Å². The minimum atomic E-state index is -4.67. The second-order valence-corrected chi connectivity index (χ2v) is 23.6. The van der Waals surface area contributed by atoms with Crippen molar-refractivity contribution in [2.75, 3.05) is 40.9 Å². The van der Waals surface area contributed by atoms with Crippen LogP contribution in [0.15, 0.2) is 36.5 Å². The van der Waals surface area contributed by atoms with E-state index in [1.54, 1.807) is 0 Å². The number of hydrogen-bond donors (Lipinski definition) is 3. The van der Waals surface area contributed by atoms with E-state index in [4.69, 9.17) is 9.05 Å². The highest BCUT2D eigenvalue weighted by molar-refractivity contribution is 7.45. The molecular formula is C61H119N2O7P. The molecule has 10 heteroatoms. The molecule has 0 aliphatic heterocycles. The van der Waals surface area contributed by atoms with Crippen LogP contribution in [0.5, 0.6) is 0 Å². The van der Waals surface area contributed by atoms with Gasteiger partial charge >= 0.3 is 0 Å². The molecule has 1 amide bonds. The largest absolute Gasteiger partial charge is 0.756 e. The number of likely N-dealkylation sites (N-methyl/N-ethyl adjacent to an activating group) is 1. The average Bonchev–Trinajstić information content (AvgIpc) is 3.33. The Labute approximate surface area is 440 Å². The first-order valence-electron chi connectivity index (χ1n) is 30.4. The lowest BCUT2D eigenvalue weighted by atomic mass is 9.99. The lowest BCUT2D eigenvalue weighted by molar-refractivity contribution is -0.870. The Hall–Kier alpha value is -1.32. The molecule has 0 aliphatic rings. The Kier molecular flexibility index (Phi) is 51.2. The molecule has 0 spiro atoms. The second kappa shape index (κ2) is 52.1.